The first kappa shape index (κ1) is 23.2. The van der Waals surface area contributed by atoms with Gasteiger partial charge in [0.2, 0.25) is 15.9 Å². The van der Waals surface area contributed by atoms with Crippen molar-refractivity contribution in [2.24, 2.45) is 0 Å². The molecule has 0 bridgehead atoms. The van der Waals surface area contributed by atoms with Gasteiger partial charge in [-0.2, -0.15) is 4.31 Å². The maximum atomic E-state index is 13.1. The van der Waals surface area contributed by atoms with Crippen LogP contribution in [0.25, 0.3) is 0 Å². The molecule has 10 heteroatoms. The van der Waals surface area contributed by atoms with E-state index in [1.165, 1.54) is 35.5 Å². The van der Waals surface area contributed by atoms with Crippen LogP contribution in [0.5, 0.6) is 0 Å². The van der Waals surface area contributed by atoms with Gasteiger partial charge in [-0.15, -0.1) is 0 Å². The van der Waals surface area contributed by atoms with Crippen LogP contribution in [-0.2, 0) is 24.3 Å². The lowest BCUT2D eigenvalue weighted by atomic mass is 9.97. The summed E-state index contributed by atoms with van der Waals surface area (Å²) in [6.07, 6.45) is 2.60. The molecule has 0 atom stereocenters. The van der Waals surface area contributed by atoms with E-state index in [9.17, 15) is 22.8 Å². The highest BCUT2D eigenvalue weighted by Gasteiger charge is 2.44. The van der Waals surface area contributed by atoms with Crippen LogP contribution in [0.4, 0.5) is 0 Å². The summed E-state index contributed by atoms with van der Waals surface area (Å²) in [6.45, 7) is 4.45. The summed E-state index contributed by atoms with van der Waals surface area (Å²) in [4.78, 5) is 38.5. The van der Waals surface area contributed by atoms with Gasteiger partial charge in [-0.25, -0.2) is 13.2 Å². The van der Waals surface area contributed by atoms with Crippen LogP contribution in [0.3, 0.4) is 0 Å². The predicted molar refractivity (Wildman–Crippen MR) is 113 cm³/mol. The Bertz CT molecular complexity index is 948. The third-order valence-electron chi connectivity index (χ3n) is 5.89. The first-order chi connectivity index (χ1) is 14.7. The average molecular weight is 452 g/mol. The van der Waals surface area contributed by atoms with Gasteiger partial charge < -0.3 is 15.0 Å². The summed E-state index contributed by atoms with van der Waals surface area (Å²) < 4.78 is 32.6. The van der Waals surface area contributed by atoms with Crippen molar-refractivity contribution in [3.05, 3.63) is 29.8 Å². The van der Waals surface area contributed by atoms with E-state index in [0.29, 0.717) is 25.9 Å². The number of carbonyl (C=O) groups is 3. The largest absolute Gasteiger partial charge is 0.464 e. The van der Waals surface area contributed by atoms with E-state index in [2.05, 4.69) is 5.32 Å². The van der Waals surface area contributed by atoms with Crippen LogP contribution in [0.1, 0.15) is 49.9 Å². The highest BCUT2D eigenvalue weighted by atomic mass is 32.2. The Balaban J connectivity index is 1.77. The topological polar surface area (TPSA) is 113 Å². The quantitative estimate of drug-likeness (QED) is 0.649. The van der Waals surface area contributed by atoms with Gasteiger partial charge in [0, 0.05) is 38.7 Å². The monoisotopic (exact) mass is 451 g/mol. The van der Waals surface area contributed by atoms with Crippen molar-refractivity contribution in [3.8, 4) is 0 Å². The van der Waals surface area contributed by atoms with Crippen LogP contribution >= 0.6 is 0 Å². The van der Waals surface area contributed by atoms with Crippen LogP contribution < -0.4 is 5.32 Å². The van der Waals surface area contributed by atoms with E-state index in [0.717, 1.165) is 12.8 Å². The lowest BCUT2D eigenvalue weighted by Crippen LogP contribution is -2.53. The van der Waals surface area contributed by atoms with Gasteiger partial charge >= 0.3 is 5.97 Å². The number of esters is 1. The van der Waals surface area contributed by atoms with Crippen molar-refractivity contribution in [3.63, 3.8) is 0 Å². The SMILES string of the molecule is CCOC(=O)C1(NC(=O)c2cccc(S(=O)(=O)N3CCN(C(C)=O)CC3)c2)CCCC1. The van der Waals surface area contributed by atoms with E-state index < -0.39 is 27.4 Å². The van der Waals surface area contributed by atoms with Crippen LogP contribution in [0, 0.1) is 0 Å². The number of amides is 2. The molecule has 1 aliphatic heterocycles. The zero-order valence-electron chi connectivity index (χ0n) is 17.9. The molecule has 0 aromatic heterocycles. The van der Waals surface area contributed by atoms with Crippen molar-refractivity contribution >= 4 is 27.8 Å². The maximum absolute atomic E-state index is 13.1. The molecule has 1 aliphatic carbocycles. The van der Waals surface area contributed by atoms with Crippen molar-refractivity contribution < 1.29 is 27.5 Å². The summed E-state index contributed by atoms with van der Waals surface area (Å²) in [5.41, 5.74) is -0.899. The normalized spacial score (nSPS) is 19.1. The molecule has 0 radical (unpaired) electrons. The summed E-state index contributed by atoms with van der Waals surface area (Å²) in [6, 6.07) is 5.81. The smallest absolute Gasteiger partial charge is 0.331 e. The lowest BCUT2D eigenvalue weighted by molar-refractivity contribution is -0.150. The second kappa shape index (κ2) is 9.35. The van der Waals surface area contributed by atoms with E-state index in [-0.39, 0.29) is 36.1 Å². The highest BCUT2D eigenvalue weighted by molar-refractivity contribution is 7.89. The van der Waals surface area contributed by atoms with E-state index >= 15 is 0 Å². The number of sulfonamides is 1. The molecule has 1 N–H and O–H groups in total. The Morgan fingerprint density at radius 2 is 1.74 bits per heavy atom. The Hall–Kier alpha value is -2.46. The maximum Gasteiger partial charge on any atom is 0.331 e. The zero-order chi connectivity index (χ0) is 22.6. The Labute approximate surface area is 182 Å². The molecule has 3 rings (SSSR count). The van der Waals surface area contributed by atoms with Gasteiger partial charge in [-0.05, 0) is 38.0 Å². The van der Waals surface area contributed by atoms with Gasteiger partial charge in [0.25, 0.3) is 5.91 Å². The predicted octanol–water partition coefficient (Wildman–Crippen LogP) is 1.15. The average Bonchev–Trinajstić information content (AvgIpc) is 3.24. The molecular weight excluding hydrogens is 422 g/mol. The van der Waals surface area contributed by atoms with Gasteiger partial charge in [0.1, 0.15) is 5.54 Å². The molecule has 0 unspecified atom stereocenters. The molecule has 1 aromatic rings. The molecule has 2 fully saturated rings. The number of nitrogens with zero attached hydrogens (tertiary/aromatic N) is 2. The fourth-order valence-corrected chi connectivity index (χ4v) is 5.58. The van der Waals surface area contributed by atoms with Crippen LogP contribution in [-0.4, -0.2) is 73.7 Å². The molecular formula is C21H29N3O6S. The second-order valence-electron chi connectivity index (χ2n) is 7.90. The van der Waals surface area contributed by atoms with Crippen molar-refractivity contribution in [2.45, 2.75) is 50.0 Å². The molecule has 9 nitrogen and oxygen atoms in total. The first-order valence-electron chi connectivity index (χ1n) is 10.5. The Kier molecular flexibility index (Phi) is 7.00. The molecule has 1 heterocycles. The van der Waals surface area contributed by atoms with Gasteiger partial charge in [-0.3, -0.25) is 9.59 Å². The van der Waals surface area contributed by atoms with Crippen LogP contribution in [0.15, 0.2) is 29.2 Å². The van der Waals surface area contributed by atoms with Crippen LogP contribution in [0.2, 0.25) is 0 Å². The number of hydrogen-bond donors (Lipinski definition) is 1. The molecule has 2 aliphatic rings. The fourth-order valence-electron chi connectivity index (χ4n) is 4.11. The summed E-state index contributed by atoms with van der Waals surface area (Å²) in [7, 11) is -3.81. The van der Waals surface area contributed by atoms with Gasteiger partial charge in [-0.1, -0.05) is 18.9 Å². The minimum absolute atomic E-state index is 0.00744. The third kappa shape index (κ3) is 4.90. The van der Waals surface area contributed by atoms with E-state index in [1.807, 2.05) is 0 Å². The number of benzene rings is 1. The number of ether oxygens (including phenoxy) is 1. The number of hydrogen-bond acceptors (Lipinski definition) is 6. The first-order valence-corrected chi connectivity index (χ1v) is 12.0. The van der Waals surface area contributed by atoms with Gasteiger partial charge in [0.15, 0.2) is 0 Å². The van der Waals surface area contributed by atoms with Gasteiger partial charge in [0.05, 0.1) is 11.5 Å². The minimum Gasteiger partial charge on any atom is -0.464 e. The summed E-state index contributed by atoms with van der Waals surface area (Å²) in [5, 5.41) is 2.80. The summed E-state index contributed by atoms with van der Waals surface area (Å²) >= 11 is 0. The number of nitrogens with one attached hydrogen (secondary N) is 1. The van der Waals surface area contributed by atoms with Crippen molar-refractivity contribution in [1.82, 2.24) is 14.5 Å². The Morgan fingerprint density at radius 3 is 2.32 bits per heavy atom. The molecule has 0 spiro atoms. The second-order valence-corrected chi connectivity index (χ2v) is 9.84. The van der Waals surface area contributed by atoms with Crippen molar-refractivity contribution in [2.75, 3.05) is 32.8 Å². The number of rotatable bonds is 6. The Morgan fingerprint density at radius 1 is 1.10 bits per heavy atom. The minimum atomic E-state index is -3.81. The molecule has 31 heavy (non-hydrogen) atoms. The standard InChI is InChI=1S/C21H29N3O6S/c1-3-30-20(27)21(9-4-5-10-21)22-19(26)17-7-6-8-18(15-17)31(28,29)24-13-11-23(12-14-24)16(2)25/h6-8,15H,3-5,9-14H2,1-2H3,(H,22,26). The molecule has 1 saturated carbocycles. The molecule has 2 amide bonds. The lowest BCUT2D eigenvalue weighted by Gasteiger charge is -2.33. The number of carbonyl (C=O) groups excluding carboxylic acids is 3. The molecule has 170 valence electrons. The zero-order valence-corrected chi connectivity index (χ0v) is 18.7. The van der Waals surface area contributed by atoms with E-state index in [4.69, 9.17) is 4.74 Å². The highest BCUT2D eigenvalue weighted by Crippen LogP contribution is 2.31. The molecule has 1 saturated heterocycles. The van der Waals surface area contributed by atoms with Crippen molar-refractivity contribution in [1.29, 1.82) is 0 Å². The third-order valence-corrected chi connectivity index (χ3v) is 7.79. The fraction of sp³-hybridized carbons (Fsp3) is 0.571. The van der Waals surface area contributed by atoms with E-state index in [1.54, 1.807) is 11.8 Å². The summed E-state index contributed by atoms with van der Waals surface area (Å²) in [5.74, 6) is -1.04. The molecule has 1 aromatic carbocycles. The number of piperazine rings is 1.